The monoisotopic (exact) mass is 344 g/mol. The van der Waals surface area contributed by atoms with Crippen molar-refractivity contribution in [3.8, 4) is 0 Å². The van der Waals surface area contributed by atoms with Gasteiger partial charge in [0.15, 0.2) is 0 Å². The number of aromatic nitrogens is 2. The largest absolute Gasteiger partial charge is 0.467 e. The lowest BCUT2D eigenvalue weighted by molar-refractivity contribution is -0.123. The van der Waals surface area contributed by atoms with Crippen molar-refractivity contribution < 1.29 is 9.21 Å². The molecule has 0 unspecified atom stereocenters. The summed E-state index contributed by atoms with van der Waals surface area (Å²) in [7, 11) is 0. The maximum atomic E-state index is 12.4. The Kier molecular flexibility index (Phi) is 5.58. The van der Waals surface area contributed by atoms with Gasteiger partial charge in [0, 0.05) is 30.9 Å². The Morgan fingerprint density at radius 1 is 1.44 bits per heavy atom. The molecule has 1 amide bonds. The number of nitrogens with one attached hydrogen (secondary N) is 1. The zero-order chi connectivity index (χ0) is 17.8. The van der Waals surface area contributed by atoms with Gasteiger partial charge in [-0.2, -0.15) is 0 Å². The van der Waals surface area contributed by atoms with Crippen LogP contribution in [-0.2, 0) is 11.3 Å². The molecule has 1 aliphatic heterocycles. The molecule has 1 aliphatic rings. The first-order chi connectivity index (χ1) is 12.0. The van der Waals surface area contributed by atoms with E-state index >= 15 is 0 Å². The van der Waals surface area contributed by atoms with Gasteiger partial charge in [0.1, 0.15) is 11.6 Å². The molecule has 136 valence electrons. The molecule has 0 aromatic carbocycles. The van der Waals surface area contributed by atoms with Gasteiger partial charge in [0.05, 0.1) is 18.8 Å². The van der Waals surface area contributed by atoms with E-state index in [1.807, 2.05) is 31.5 Å². The summed E-state index contributed by atoms with van der Waals surface area (Å²) < 4.78 is 7.59. The summed E-state index contributed by atoms with van der Waals surface area (Å²) in [6.45, 7) is 8.57. The molecule has 1 fully saturated rings. The van der Waals surface area contributed by atoms with Crippen molar-refractivity contribution in [2.45, 2.75) is 58.2 Å². The SMILES string of the molecule is CC(C)c1nccn1C[C@@H]1CCCN1CC(=O)N[C@@H](C)c1ccco1. The van der Waals surface area contributed by atoms with E-state index in [1.165, 1.54) is 0 Å². The Hall–Kier alpha value is -2.08. The summed E-state index contributed by atoms with van der Waals surface area (Å²) in [5.74, 6) is 2.35. The summed E-state index contributed by atoms with van der Waals surface area (Å²) in [4.78, 5) is 19.2. The van der Waals surface area contributed by atoms with Gasteiger partial charge >= 0.3 is 0 Å². The standard InChI is InChI=1S/C19H28N4O2/c1-14(2)19-20-8-10-23(19)12-16-6-4-9-22(16)13-18(24)21-15(3)17-7-5-11-25-17/h5,7-8,10-11,14-16H,4,6,9,12-13H2,1-3H3,(H,21,24)/t15-,16-/m0/s1. The number of likely N-dealkylation sites (tertiary alicyclic amines) is 1. The molecule has 25 heavy (non-hydrogen) atoms. The number of nitrogens with zero attached hydrogens (tertiary/aromatic N) is 3. The van der Waals surface area contributed by atoms with E-state index in [0.717, 1.165) is 37.5 Å². The zero-order valence-electron chi connectivity index (χ0n) is 15.3. The summed E-state index contributed by atoms with van der Waals surface area (Å²) in [6, 6.07) is 4.00. The first kappa shape index (κ1) is 17.7. The molecule has 0 radical (unpaired) electrons. The quantitative estimate of drug-likeness (QED) is 0.839. The van der Waals surface area contributed by atoms with Gasteiger partial charge in [-0.1, -0.05) is 13.8 Å². The second kappa shape index (κ2) is 7.87. The summed E-state index contributed by atoms with van der Waals surface area (Å²) in [6.07, 6.45) is 7.80. The Labute approximate surface area is 149 Å². The molecular formula is C19H28N4O2. The molecule has 2 aromatic rings. The number of carbonyl (C=O) groups excluding carboxylic acids is 1. The van der Waals surface area contributed by atoms with Gasteiger partial charge in [0.25, 0.3) is 0 Å². The molecule has 3 heterocycles. The lowest BCUT2D eigenvalue weighted by Gasteiger charge is -2.25. The molecule has 0 aliphatic carbocycles. The Morgan fingerprint density at radius 3 is 3.00 bits per heavy atom. The minimum absolute atomic E-state index is 0.0468. The predicted octanol–water partition coefficient (Wildman–Crippen LogP) is 2.94. The number of rotatable bonds is 7. The van der Waals surface area contributed by atoms with Crippen LogP contribution in [0, 0.1) is 0 Å². The summed E-state index contributed by atoms with van der Waals surface area (Å²) in [5.41, 5.74) is 0. The van der Waals surface area contributed by atoms with Crippen molar-refractivity contribution in [1.29, 1.82) is 0 Å². The Balaban J connectivity index is 1.56. The molecule has 3 rings (SSSR count). The fraction of sp³-hybridized carbons (Fsp3) is 0.579. The van der Waals surface area contributed by atoms with Crippen molar-refractivity contribution in [3.05, 3.63) is 42.4 Å². The zero-order valence-corrected chi connectivity index (χ0v) is 15.3. The van der Waals surface area contributed by atoms with Crippen LogP contribution >= 0.6 is 0 Å². The average molecular weight is 344 g/mol. The van der Waals surface area contributed by atoms with Crippen LogP contribution in [0.4, 0.5) is 0 Å². The Bertz CT molecular complexity index is 677. The number of hydrogen-bond acceptors (Lipinski definition) is 4. The van der Waals surface area contributed by atoms with Gasteiger partial charge in [0.2, 0.25) is 5.91 Å². The third-order valence-electron chi connectivity index (χ3n) is 4.86. The highest BCUT2D eigenvalue weighted by Gasteiger charge is 2.27. The minimum Gasteiger partial charge on any atom is -0.467 e. The van der Waals surface area contributed by atoms with Crippen molar-refractivity contribution in [2.75, 3.05) is 13.1 Å². The van der Waals surface area contributed by atoms with Gasteiger partial charge in [-0.25, -0.2) is 4.98 Å². The van der Waals surface area contributed by atoms with E-state index in [-0.39, 0.29) is 11.9 Å². The van der Waals surface area contributed by atoms with E-state index in [9.17, 15) is 4.79 Å². The van der Waals surface area contributed by atoms with Crippen LogP contribution < -0.4 is 5.32 Å². The van der Waals surface area contributed by atoms with E-state index in [1.54, 1.807) is 6.26 Å². The second-order valence-corrected chi connectivity index (χ2v) is 7.16. The molecule has 6 nitrogen and oxygen atoms in total. The first-order valence-corrected chi connectivity index (χ1v) is 9.12. The third kappa shape index (κ3) is 4.31. The number of hydrogen-bond donors (Lipinski definition) is 1. The highest BCUT2D eigenvalue weighted by molar-refractivity contribution is 5.78. The highest BCUT2D eigenvalue weighted by atomic mass is 16.3. The van der Waals surface area contributed by atoms with Gasteiger partial charge in [-0.15, -0.1) is 0 Å². The van der Waals surface area contributed by atoms with Crippen LogP contribution in [0.2, 0.25) is 0 Å². The summed E-state index contributed by atoms with van der Waals surface area (Å²) in [5, 5.41) is 3.02. The van der Waals surface area contributed by atoms with Crippen molar-refractivity contribution in [3.63, 3.8) is 0 Å². The third-order valence-corrected chi connectivity index (χ3v) is 4.86. The minimum atomic E-state index is -0.107. The second-order valence-electron chi connectivity index (χ2n) is 7.16. The van der Waals surface area contributed by atoms with Gasteiger partial charge < -0.3 is 14.3 Å². The molecule has 2 atom stereocenters. The van der Waals surface area contributed by atoms with E-state index in [0.29, 0.717) is 18.5 Å². The van der Waals surface area contributed by atoms with Gasteiger partial charge in [-0.3, -0.25) is 9.69 Å². The number of carbonyl (C=O) groups is 1. The van der Waals surface area contributed by atoms with Gasteiger partial charge in [-0.05, 0) is 38.4 Å². The maximum absolute atomic E-state index is 12.4. The molecule has 0 bridgehead atoms. The molecule has 0 saturated carbocycles. The van der Waals surface area contributed by atoms with Crippen LogP contribution in [0.1, 0.15) is 57.2 Å². The number of imidazole rings is 1. The van der Waals surface area contributed by atoms with Crippen molar-refractivity contribution >= 4 is 5.91 Å². The van der Waals surface area contributed by atoms with Crippen LogP contribution in [0.25, 0.3) is 0 Å². The predicted molar refractivity (Wildman–Crippen MR) is 96.2 cm³/mol. The molecule has 1 N–H and O–H groups in total. The summed E-state index contributed by atoms with van der Waals surface area (Å²) >= 11 is 0. The number of furan rings is 1. The molecule has 2 aromatic heterocycles. The fourth-order valence-electron chi connectivity index (χ4n) is 3.59. The first-order valence-electron chi connectivity index (χ1n) is 9.12. The van der Waals surface area contributed by atoms with Crippen LogP contribution in [0.3, 0.4) is 0 Å². The molecular weight excluding hydrogens is 316 g/mol. The van der Waals surface area contributed by atoms with Crippen LogP contribution in [0.15, 0.2) is 35.2 Å². The fourth-order valence-corrected chi connectivity index (χ4v) is 3.59. The lowest BCUT2D eigenvalue weighted by Crippen LogP contribution is -2.42. The average Bonchev–Trinajstić information content (AvgIpc) is 3.29. The van der Waals surface area contributed by atoms with Crippen molar-refractivity contribution in [1.82, 2.24) is 19.8 Å². The van der Waals surface area contributed by atoms with Crippen LogP contribution in [0.5, 0.6) is 0 Å². The lowest BCUT2D eigenvalue weighted by atomic mass is 10.2. The van der Waals surface area contributed by atoms with E-state index < -0.39 is 0 Å². The highest BCUT2D eigenvalue weighted by Crippen LogP contribution is 2.21. The molecule has 1 saturated heterocycles. The topological polar surface area (TPSA) is 63.3 Å². The van der Waals surface area contributed by atoms with Crippen molar-refractivity contribution in [2.24, 2.45) is 0 Å². The number of amides is 1. The molecule has 6 heteroatoms. The maximum Gasteiger partial charge on any atom is 0.234 e. The smallest absolute Gasteiger partial charge is 0.234 e. The Morgan fingerprint density at radius 2 is 2.28 bits per heavy atom. The van der Waals surface area contributed by atoms with E-state index in [4.69, 9.17) is 4.42 Å². The van der Waals surface area contributed by atoms with Crippen LogP contribution in [-0.4, -0.2) is 39.5 Å². The normalized spacial score (nSPS) is 19.4. The molecule has 0 spiro atoms. The van der Waals surface area contributed by atoms with E-state index in [2.05, 4.69) is 33.6 Å².